The Labute approximate surface area is 87.8 Å². The molecule has 1 aliphatic rings. The van der Waals surface area contributed by atoms with E-state index < -0.39 is 0 Å². The van der Waals surface area contributed by atoms with Crippen molar-refractivity contribution in [2.75, 3.05) is 39.3 Å². The molecule has 1 heterocycles. The SMILES string of the molecule is CCNCCN1CCCC(OCC)C1. The highest BCUT2D eigenvalue weighted by atomic mass is 16.5. The molecular formula is C11H24N2O. The fourth-order valence-electron chi connectivity index (χ4n) is 2.00. The first-order valence-corrected chi connectivity index (χ1v) is 5.91. The van der Waals surface area contributed by atoms with Gasteiger partial charge in [-0.3, -0.25) is 4.90 Å². The third-order valence-corrected chi connectivity index (χ3v) is 2.72. The van der Waals surface area contributed by atoms with E-state index in [9.17, 15) is 0 Å². The van der Waals surface area contributed by atoms with E-state index in [1.54, 1.807) is 0 Å². The summed E-state index contributed by atoms with van der Waals surface area (Å²) < 4.78 is 5.66. The number of nitrogens with zero attached hydrogens (tertiary/aromatic N) is 1. The molecule has 0 bridgehead atoms. The van der Waals surface area contributed by atoms with Gasteiger partial charge in [0.15, 0.2) is 0 Å². The van der Waals surface area contributed by atoms with E-state index >= 15 is 0 Å². The van der Waals surface area contributed by atoms with Crippen LogP contribution in [0.15, 0.2) is 0 Å². The first kappa shape index (κ1) is 12.0. The fraction of sp³-hybridized carbons (Fsp3) is 1.00. The maximum atomic E-state index is 5.66. The van der Waals surface area contributed by atoms with E-state index in [2.05, 4.69) is 24.1 Å². The summed E-state index contributed by atoms with van der Waals surface area (Å²) >= 11 is 0. The zero-order valence-electron chi connectivity index (χ0n) is 9.59. The quantitative estimate of drug-likeness (QED) is 0.650. The molecule has 0 aromatic heterocycles. The van der Waals surface area contributed by atoms with Crippen molar-refractivity contribution in [3.63, 3.8) is 0 Å². The van der Waals surface area contributed by atoms with Gasteiger partial charge in [-0.05, 0) is 32.9 Å². The van der Waals surface area contributed by atoms with E-state index in [1.165, 1.54) is 19.4 Å². The summed E-state index contributed by atoms with van der Waals surface area (Å²) in [4.78, 5) is 2.51. The number of rotatable bonds is 6. The van der Waals surface area contributed by atoms with Gasteiger partial charge in [-0.2, -0.15) is 0 Å². The Bertz CT molecular complexity index is 139. The molecule has 0 aromatic rings. The highest BCUT2D eigenvalue weighted by molar-refractivity contribution is 4.73. The molecule has 0 radical (unpaired) electrons. The first-order valence-electron chi connectivity index (χ1n) is 5.91. The zero-order valence-corrected chi connectivity index (χ0v) is 9.59. The first-order chi connectivity index (χ1) is 6.86. The molecular weight excluding hydrogens is 176 g/mol. The van der Waals surface area contributed by atoms with Crippen molar-refractivity contribution >= 4 is 0 Å². The molecule has 0 aliphatic carbocycles. The minimum absolute atomic E-state index is 0.482. The number of ether oxygens (including phenoxy) is 1. The summed E-state index contributed by atoms with van der Waals surface area (Å²) in [5, 5.41) is 3.36. The van der Waals surface area contributed by atoms with Crippen LogP contribution >= 0.6 is 0 Å². The molecule has 0 saturated carbocycles. The smallest absolute Gasteiger partial charge is 0.0702 e. The highest BCUT2D eigenvalue weighted by Gasteiger charge is 2.18. The maximum Gasteiger partial charge on any atom is 0.0702 e. The van der Waals surface area contributed by atoms with Crippen LogP contribution in [0, 0.1) is 0 Å². The number of nitrogens with one attached hydrogen (secondary N) is 1. The number of likely N-dealkylation sites (tertiary alicyclic amines) is 1. The number of hydrogen-bond donors (Lipinski definition) is 1. The third kappa shape index (κ3) is 4.40. The van der Waals surface area contributed by atoms with Crippen molar-refractivity contribution in [3.05, 3.63) is 0 Å². The van der Waals surface area contributed by atoms with Crippen LogP contribution in [0.2, 0.25) is 0 Å². The van der Waals surface area contributed by atoms with Crippen molar-refractivity contribution in [1.29, 1.82) is 0 Å². The molecule has 1 saturated heterocycles. The Kier molecular flexibility index (Phi) is 6.15. The summed E-state index contributed by atoms with van der Waals surface area (Å²) in [7, 11) is 0. The van der Waals surface area contributed by atoms with Crippen molar-refractivity contribution in [1.82, 2.24) is 10.2 Å². The molecule has 1 atom stereocenters. The van der Waals surface area contributed by atoms with Crippen molar-refractivity contribution in [2.45, 2.75) is 32.8 Å². The Morgan fingerprint density at radius 2 is 2.29 bits per heavy atom. The summed E-state index contributed by atoms with van der Waals surface area (Å²) in [6.45, 7) is 10.8. The molecule has 3 heteroatoms. The standard InChI is InChI=1S/C11H24N2O/c1-3-12-7-9-13-8-5-6-11(10-13)14-4-2/h11-12H,3-10H2,1-2H3. The lowest BCUT2D eigenvalue weighted by Crippen LogP contribution is -2.42. The van der Waals surface area contributed by atoms with E-state index in [0.29, 0.717) is 6.10 Å². The van der Waals surface area contributed by atoms with E-state index in [1.807, 2.05) is 0 Å². The molecule has 0 spiro atoms. The van der Waals surface area contributed by atoms with Gasteiger partial charge in [0.2, 0.25) is 0 Å². The fourth-order valence-corrected chi connectivity index (χ4v) is 2.00. The van der Waals surface area contributed by atoms with Crippen molar-refractivity contribution in [2.24, 2.45) is 0 Å². The van der Waals surface area contributed by atoms with Crippen LogP contribution in [0.5, 0.6) is 0 Å². The molecule has 1 N–H and O–H groups in total. The Morgan fingerprint density at radius 1 is 1.43 bits per heavy atom. The highest BCUT2D eigenvalue weighted by Crippen LogP contribution is 2.12. The predicted octanol–water partition coefficient (Wildman–Crippen LogP) is 1.10. The third-order valence-electron chi connectivity index (χ3n) is 2.72. The van der Waals surface area contributed by atoms with E-state index in [-0.39, 0.29) is 0 Å². The minimum atomic E-state index is 0.482. The van der Waals surface area contributed by atoms with Gasteiger partial charge in [-0.1, -0.05) is 6.92 Å². The Morgan fingerprint density at radius 3 is 3.00 bits per heavy atom. The summed E-state index contributed by atoms with van der Waals surface area (Å²) in [6.07, 6.45) is 3.01. The van der Waals surface area contributed by atoms with Crippen molar-refractivity contribution in [3.8, 4) is 0 Å². The molecule has 1 aliphatic heterocycles. The zero-order chi connectivity index (χ0) is 10.2. The van der Waals surface area contributed by atoms with Gasteiger partial charge >= 0.3 is 0 Å². The summed E-state index contributed by atoms with van der Waals surface area (Å²) in [6, 6.07) is 0. The normalized spacial score (nSPS) is 24.0. The topological polar surface area (TPSA) is 24.5 Å². The lowest BCUT2D eigenvalue weighted by Gasteiger charge is -2.32. The summed E-state index contributed by atoms with van der Waals surface area (Å²) in [5.41, 5.74) is 0. The second-order valence-corrected chi connectivity index (χ2v) is 3.87. The van der Waals surface area contributed by atoms with Gasteiger partial charge in [0, 0.05) is 26.2 Å². The van der Waals surface area contributed by atoms with Gasteiger partial charge in [-0.25, -0.2) is 0 Å². The average molecular weight is 200 g/mol. The molecule has 1 fully saturated rings. The van der Waals surface area contributed by atoms with Crippen LogP contribution in [0.25, 0.3) is 0 Å². The summed E-state index contributed by atoms with van der Waals surface area (Å²) in [5.74, 6) is 0. The lowest BCUT2D eigenvalue weighted by molar-refractivity contribution is 0.00640. The number of piperidine rings is 1. The van der Waals surface area contributed by atoms with Crippen LogP contribution in [-0.4, -0.2) is 50.3 Å². The van der Waals surface area contributed by atoms with Gasteiger partial charge in [0.25, 0.3) is 0 Å². The lowest BCUT2D eigenvalue weighted by atomic mass is 10.1. The van der Waals surface area contributed by atoms with Gasteiger partial charge in [-0.15, -0.1) is 0 Å². The molecule has 0 amide bonds. The number of hydrogen-bond acceptors (Lipinski definition) is 3. The van der Waals surface area contributed by atoms with Gasteiger partial charge < -0.3 is 10.1 Å². The van der Waals surface area contributed by atoms with Crippen LogP contribution in [0.3, 0.4) is 0 Å². The maximum absolute atomic E-state index is 5.66. The Hall–Kier alpha value is -0.120. The molecule has 14 heavy (non-hydrogen) atoms. The van der Waals surface area contributed by atoms with Crippen LogP contribution < -0.4 is 5.32 Å². The molecule has 1 rings (SSSR count). The van der Waals surface area contributed by atoms with E-state index in [4.69, 9.17) is 4.74 Å². The number of likely N-dealkylation sites (N-methyl/N-ethyl adjacent to an activating group) is 1. The molecule has 3 nitrogen and oxygen atoms in total. The van der Waals surface area contributed by atoms with Crippen molar-refractivity contribution < 1.29 is 4.74 Å². The second kappa shape index (κ2) is 7.21. The average Bonchev–Trinajstić information content (AvgIpc) is 2.19. The molecule has 1 unspecified atom stereocenters. The molecule has 84 valence electrons. The molecule has 0 aromatic carbocycles. The predicted molar refractivity (Wildman–Crippen MR) is 59.6 cm³/mol. The monoisotopic (exact) mass is 200 g/mol. The van der Waals surface area contributed by atoms with E-state index in [0.717, 1.165) is 32.8 Å². The van der Waals surface area contributed by atoms with Crippen LogP contribution in [0.4, 0.5) is 0 Å². The Balaban J connectivity index is 2.12. The van der Waals surface area contributed by atoms with Gasteiger partial charge in [0.1, 0.15) is 0 Å². The minimum Gasteiger partial charge on any atom is -0.377 e. The largest absolute Gasteiger partial charge is 0.377 e. The van der Waals surface area contributed by atoms with Crippen LogP contribution in [0.1, 0.15) is 26.7 Å². The van der Waals surface area contributed by atoms with Gasteiger partial charge in [0.05, 0.1) is 6.10 Å². The second-order valence-electron chi connectivity index (χ2n) is 3.87. The van der Waals surface area contributed by atoms with Crippen LogP contribution in [-0.2, 0) is 4.74 Å².